The number of amides is 2. The summed E-state index contributed by atoms with van der Waals surface area (Å²) in [4.78, 5) is 36.6. The van der Waals surface area contributed by atoms with E-state index in [4.69, 9.17) is 5.11 Å². The summed E-state index contributed by atoms with van der Waals surface area (Å²) in [5, 5.41) is 11.4. The summed E-state index contributed by atoms with van der Waals surface area (Å²) >= 11 is 0. The summed E-state index contributed by atoms with van der Waals surface area (Å²) in [6.07, 6.45) is -4.59. The van der Waals surface area contributed by atoms with Gasteiger partial charge < -0.3 is 15.3 Å². The van der Waals surface area contributed by atoms with Gasteiger partial charge in [0.1, 0.15) is 5.54 Å². The molecule has 0 bridgehead atoms. The second-order valence-corrected chi connectivity index (χ2v) is 6.79. The minimum atomic E-state index is -4.48. The number of halogens is 3. The van der Waals surface area contributed by atoms with Crippen LogP contribution < -0.4 is 5.32 Å². The van der Waals surface area contributed by atoms with E-state index >= 15 is 0 Å². The largest absolute Gasteiger partial charge is 0.480 e. The second-order valence-electron chi connectivity index (χ2n) is 6.79. The number of hydrogen-bond donors (Lipinski definition) is 2. The number of rotatable bonds is 5. The van der Waals surface area contributed by atoms with Crippen molar-refractivity contribution in [1.82, 2.24) is 10.2 Å². The van der Waals surface area contributed by atoms with Gasteiger partial charge in [-0.2, -0.15) is 13.2 Å². The van der Waals surface area contributed by atoms with Gasteiger partial charge in [-0.05, 0) is 31.5 Å². The number of hydrogen-bond acceptors (Lipinski definition) is 3. The zero-order valence-electron chi connectivity index (χ0n) is 14.3. The van der Waals surface area contributed by atoms with E-state index in [0.29, 0.717) is 5.56 Å². The molecule has 1 aliphatic heterocycles. The smallest absolute Gasteiger partial charge is 0.416 e. The van der Waals surface area contributed by atoms with Crippen LogP contribution in [0.4, 0.5) is 13.2 Å². The highest BCUT2D eigenvalue weighted by Gasteiger charge is 2.38. The highest BCUT2D eigenvalue weighted by molar-refractivity contribution is 5.92. The molecule has 142 valence electrons. The fourth-order valence-corrected chi connectivity index (χ4v) is 2.63. The molecule has 26 heavy (non-hydrogen) atoms. The maximum Gasteiger partial charge on any atom is 0.416 e. The third-order valence-corrected chi connectivity index (χ3v) is 4.18. The van der Waals surface area contributed by atoms with Crippen molar-refractivity contribution in [1.29, 1.82) is 0 Å². The lowest BCUT2D eigenvalue weighted by Gasteiger charge is -2.23. The zero-order valence-corrected chi connectivity index (χ0v) is 14.3. The van der Waals surface area contributed by atoms with Gasteiger partial charge in [0.15, 0.2) is 0 Å². The molecular formula is C17H19F3N2O4. The van der Waals surface area contributed by atoms with Crippen LogP contribution in [0, 0.1) is 5.92 Å². The van der Waals surface area contributed by atoms with Gasteiger partial charge >= 0.3 is 12.1 Å². The minimum Gasteiger partial charge on any atom is -0.480 e. The van der Waals surface area contributed by atoms with Gasteiger partial charge in [0.2, 0.25) is 11.8 Å². The van der Waals surface area contributed by atoms with E-state index in [0.717, 1.165) is 12.1 Å². The second kappa shape index (κ2) is 6.97. The molecule has 1 aromatic carbocycles. The average Bonchev–Trinajstić information content (AvgIpc) is 2.87. The van der Waals surface area contributed by atoms with E-state index in [-0.39, 0.29) is 25.4 Å². The Morgan fingerprint density at radius 2 is 1.96 bits per heavy atom. The quantitative estimate of drug-likeness (QED) is 0.828. The highest BCUT2D eigenvalue weighted by atomic mass is 19.4. The predicted molar refractivity (Wildman–Crippen MR) is 84.8 cm³/mol. The topological polar surface area (TPSA) is 86.7 Å². The van der Waals surface area contributed by atoms with E-state index in [1.165, 1.54) is 30.9 Å². The Bertz CT molecular complexity index is 731. The lowest BCUT2D eigenvalue weighted by Crippen LogP contribution is -2.51. The first kappa shape index (κ1) is 19.7. The molecular weight excluding hydrogens is 353 g/mol. The van der Waals surface area contributed by atoms with Crippen molar-refractivity contribution >= 4 is 17.8 Å². The summed E-state index contributed by atoms with van der Waals surface area (Å²) < 4.78 is 38.3. The third kappa shape index (κ3) is 4.53. The van der Waals surface area contributed by atoms with Crippen molar-refractivity contribution in [2.75, 3.05) is 6.54 Å². The number of likely N-dealkylation sites (tertiary alicyclic amines) is 1. The van der Waals surface area contributed by atoms with Gasteiger partial charge in [-0.3, -0.25) is 9.59 Å². The van der Waals surface area contributed by atoms with E-state index in [2.05, 4.69) is 5.32 Å². The Morgan fingerprint density at radius 1 is 1.31 bits per heavy atom. The Hall–Kier alpha value is -2.58. The zero-order chi connectivity index (χ0) is 19.7. The van der Waals surface area contributed by atoms with Crippen LogP contribution >= 0.6 is 0 Å². The summed E-state index contributed by atoms with van der Waals surface area (Å²) in [6, 6.07) is 4.65. The molecule has 0 spiro atoms. The van der Waals surface area contributed by atoms with Gasteiger partial charge in [-0.1, -0.05) is 12.1 Å². The van der Waals surface area contributed by atoms with Crippen LogP contribution in [-0.4, -0.2) is 39.9 Å². The number of aliphatic carboxylic acids is 1. The molecule has 0 saturated carbocycles. The Kier molecular flexibility index (Phi) is 5.29. The first-order chi connectivity index (χ1) is 11.9. The molecule has 9 heteroatoms. The van der Waals surface area contributed by atoms with Crippen molar-refractivity contribution in [3.8, 4) is 0 Å². The molecule has 1 unspecified atom stereocenters. The molecule has 2 N–H and O–H groups in total. The van der Waals surface area contributed by atoms with Gasteiger partial charge in [-0.25, -0.2) is 4.79 Å². The minimum absolute atomic E-state index is 0.0244. The van der Waals surface area contributed by atoms with Crippen LogP contribution in [0.3, 0.4) is 0 Å². The van der Waals surface area contributed by atoms with Crippen LogP contribution in [0.2, 0.25) is 0 Å². The predicted octanol–water partition coefficient (Wildman–Crippen LogP) is 2.03. The van der Waals surface area contributed by atoms with Crippen LogP contribution in [-0.2, 0) is 27.1 Å². The molecule has 1 heterocycles. The monoisotopic (exact) mass is 372 g/mol. The SMILES string of the molecule is CC(C)(NC(=O)C1CC(=O)N(Cc2cccc(C(F)(F)F)c2)C1)C(=O)O. The molecule has 2 rings (SSSR count). The van der Waals surface area contributed by atoms with Gasteiger partial charge in [0.25, 0.3) is 0 Å². The molecule has 1 aliphatic rings. The fourth-order valence-electron chi connectivity index (χ4n) is 2.63. The van der Waals surface area contributed by atoms with Gasteiger partial charge in [0, 0.05) is 19.5 Å². The number of nitrogens with one attached hydrogen (secondary N) is 1. The molecule has 0 aromatic heterocycles. The van der Waals surface area contributed by atoms with Gasteiger partial charge in [0.05, 0.1) is 11.5 Å². The lowest BCUT2D eigenvalue weighted by atomic mass is 10.0. The van der Waals surface area contributed by atoms with Gasteiger partial charge in [-0.15, -0.1) is 0 Å². The number of alkyl halides is 3. The normalized spacial score (nSPS) is 18.1. The van der Waals surface area contributed by atoms with E-state index in [1.54, 1.807) is 0 Å². The molecule has 2 amide bonds. The van der Waals surface area contributed by atoms with Crippen LogP contribution in [0.25, 0.3) is 0 Å². The maximum atomic E-state index is 12.8. The Labute approximate surface area is 148 Å². The van der Waals surface area contributed by atoms with E-state index in [1.807, 2.05) is 0 Å². The van der Waals surface area contributed by atoms with E-state index < -0.39 is 35.1 Å². The first-order valence-electron chi connectivity index (χ1n) is 7.89. The van der Waals surface area contributed by atoms with Crippen molar-refractivity contribution in [3.05, 3.63) is 35.4 Å². The lowest BCUT2D eigenvalue weighted by molar-refractivity contribution is -0.146. The number of benzene rings is 1. The number of carbonyl (C=O) groups is 3. The number of nitrogens with zero attached hydrogens (tertiary/aromatic N) is 1. The van der Waals surface area contributed by atoms with Crippen molar-refractivity contribution in [3.63, 3.8) is 0 Å². The molecule has 1 saturated heterocycles. The number of carbonyl (C=O) groups excluding carboxylic acids is 2. The summed E-state index contributed by atoms with van der Waals surface area (Å²) in [5.74, 6) is -2.89. The standard InChI is InChI=1S/C17H19F3N2O4/c1-16(2,15(25)26)21-14(24)11-7-13(23)22(9-11)8-10-4-3-5-12(6-10)17(18,19)20/h3-6,11H,7-9H2,1-2H3,(H,21,24)(H,25,26). The average molecular weight is 372 g/mol. The van der Waals surface area contributed by atoms with Crippen molar-refractivity contribution in [2.45, 2.75) is 38.5 Å². The molecule has 0 aliphatic carbocycles. The molecule has 0 radical (unpaired) electrons. The van der Waals surface area contributed by atoms with Crippen LogP contribution in [0.15, 0.2) is 24.3 Å². The van der Waals surface area contributed by atoms with Crippen LogP contribution in [0.5, 0.6) is 0 Å². The first-order valence-corrected chi connectivity index (χ1v) is 7.89. The fraction of sp³-hybridized carbons (Fsp3) is 0.471. The summed E-state index contributed by atoms with van der Waals surface area (Å²) in [7, 11) is 0. The van der Waals surface area contributed by atoms with E-state index in [9.17, 15) is 27.6 Å². The molecule has 1 aromatic rings. The highest BCUT2D eigenvalue weighted by Crippen LogP contribution is 2.30. The Balaban J connectivity index is 2.04. The maximum absolute atomic E-state index is 12.8. The summed E-state index contributed by atoms with van der Waals surface area (Å²) in [6.45, 7) is 2.63. The summed E-state index contributed by atoms with van der Waals surface area (Å²) in [5.41, 5.74) is -1.98. The molecule has 1 fully saturated rings. The molecule has 1 atom stereocenters. The Morgan fingerprint density at radius 3 is 2.54 bits per heavy atom. The van der Waals surface area contributed by atoms with Crippen molar-refractivity contribution in [2.24, 2.45) is 5.92 Å². The number of carboxylic acid groups (broad SMARTS) is 1. The molecule has 6 nitrogen and oxygen atoms in total. The van der Waals surface area contributed by atoms with Crippen molar-refractivity contribution < 1.29 is 32.7 Å². The third-order valence-electron chi connectivity index (χ3n) is 4.18. The number of carboxylic acids is 1. The van der Waals surface area contributed by atoms with Crippen LogP contribution in [0.1, 0.15) is 31.4 Å².